The Morgan fingerprint density at radius 3 is 2.48 bits per heavy atom. The van der Waals surface area contributed by atoms with Gasteiger partial charge in [0.1, 0.15) is 17.5 Å². The summed E-state index contributed by atoms with van der Waals surface area (Å²) >= 11 is 5.69. The number of halogens is 6. The summed E-state index contributed by atoms with van der Waals surface area (Å²) in [6.07, 6.45) is -5.36. The van der Waals surface area contributed by atoms with E-state index in [0.717, 1.165) is 12.1 Å². The quantitative estimate of drug-likeness (QED) is 0.811. The molecule has 9 heteroatoms. The van der Waals surface area contributed by atoms with E-state index in [-0.39, 0.29) is 22.9 Å². The van der Waals surface area contributed by atoms with Crippen LogP contribution in [0.5, 0.6) is 0 Å². The summed E-state index contributed by atoms with van der Waals surface area (Å²) in [5.41, 5.74) is -1.18. The predicted octanol–water partition coefficient (Wildman–Crippen LogP) is 4.18. The van der Waals surface area contributed by atoms with Crippen LogP contribution in [0.1, 0.15) is 17.2 Å². The summed E-state index contributed by atoms with van der Waals surface area (Å²) in [5, 5.41) is 12.1. The first-order chi connectivity index (χ1) is 10.7. The van der Waals surface area contributed by atoms with E-state index in [9.17, 15) is 27.1 Å². The Hall–Kier alpha value is -1.93. The van der Waals surface area contributed by atoms with Crippen molar-refractivity contribution in [2.24, 2.45) is 0 Å². The summed E-state index contributed by atoms with van der Waals surface area (Å²) in [7, 11) is 0. The molecule has 0 amide bonds. The van der Waals surface area contributed by atoms with E-state index in [1.54, 1.807) is 0 Å². The van der Waals surface area contributed by atoms with Crippen molar-refractivity contribution in [2.45, 2.75) is 12.3 Å². The van der Waals surface area contributed by atoms with Crippen LogP contribution in [-0.4, -0.2) is 16.6 Å². The fourth-order valence-electron chi connectivity index (χ4n) is 1.80. The van der Waals surface area contributed by atoms with Crippen molar-refractivity contribution >= 4 is 17.4 Å². The number of pyridine rings is 1. The number of alkyl halides is 3. The van der Waals surface area contributed by atoms with Crippen molar-refractivity contribution in [1.82, 2.24) is 4.98 Å². The second-order valence-electron chi connectivity index (χ2n) is 4.61. The molecule has 1 atom stereocenters. The largest absolute Gasteiger partial charge is 0.417 e. The maximum atomic E-state index is 13.5. The highest BCUT2D eigenvalue weighted by molar-refractivity contribution is 6.32. The van der Waals surface area contributed by atoms with Crippen LogP contribution in [0, 0.1) is 11.6 Å². The molecule has 0 aliphatic rings. The van der Waals surface area contributed by atoms with E-state index in [1.165, 1.54) is 0 Å². The third-order valence-electron chi connectivity index (χ3n) is 2.95. The van der Waals surface area contributed by atoms with Gasteiger partial charge in [0.25, 0.3) is 0 Å². The average Bonchev–Trinajstić information content (AvgIpc) is 2.44. The molecule has 0 aliphatic heterocycles. The molecule has 0 radical (unpaired) electrons. The number of hydrogen-bond acceptors (Lipinski definition) is 3. The molecule has 2 aromatic rings. The van der Waals surface area contributed by atoms with Crippen molar-refractivity contribution in [2.75, 3.05) is 11.9 Å². The first-order valence-corrected chi connectivity index (χ1v) is 6.66. The Bertz CT molecular complexity index is 708. The number of nitrogens with one attached hydrogen (secondary N) is 1. The minimum Gasteiger partial charge on any atom is -0.386 e. The molecule has 0 spiro atoms. The van der Waals surface area contributed by atoms with Gasteiger partial charge in [-0.05, 0) is 12.1 Å². The van der Waals surface area contributed by atoms with Crippen molar-refractivity contribution in [3.8, 4) is 0 Å². The first kappa shape index (κ1) is 17.4. The summed E-state index contributed by atoms with van der Waals surface area (Å²) < 4.78 is 63.7. The molecular weight excluding hydrogens is 343 g/mol. The molecule has 124 valence electrons. The van der Waals surface area contributed by atoms with E-state index in [1.807, 2.05) is 0 Å². The fraction of sp³-hybridized carbons (Fsp3) is 0.214. The Balaban J connectivity index is 2.08. The van der Waals surface area contributed by atoms with Gasteiger partial charge < -0.3 is 10.4 Å². The number of anilines is 1. The smallest absolute Gasteiger partial charge is 0.386 e. The second-order valence-corrected chi connectivity index (χ2v) is 5.02. The topological polar surface area (TPSA) is 45.1 Å². The Morgan fingerprint density at radius 1 is 1.22 bits per heavy atom. The Labute approximate surface area is 132 Å². The molecule has 1 aromatic carbocycles. The number of aromatic nitrogens is 1. The molecule has 2 rings (SSSR count). The summed E-state index contributed by atoms with van der Waals surface area (Å²) in [6, 6.07) is 3.34. The van der Waals surface area contributed by atoms with Crippen LogP contribution in [-0.2, 0) is 6.18 Å². The molecule has 0 saturated carbocycles. The number of rotatable bonds is 4. The van der Waals surface area contributed by atoms with Crippen LogP contribution in [0.3, 0.4) is 0 Å². The van der Waals surface area contributed by atoms with Crippen molar-refractivity contribution < 1.29 is 27.1 Å². The summed E-state index contributed by atoms with van der Waals surface area (Å²) in [6.45, 7) is -0.277. The zero-order valence-electron chi connectivity index (χ0n) is 11.3. The van der Waals surface area contributed by atoms with Gasteiger partial charge in [0.15, 0.2) is 0 Å². The number of aliphatic hydroxyl groups excluding tert-OH is 1. The lowest BCUT2D eigenvalue weighted by Crippen LogP contribution is -2.15. The molecular formula is C14H10ClF5N2O. The lowest BCUT2D eigenvalue weighted by molar-refractivity contribution is -0.137. The Morgan fingerprint density at radius 2 is 1.91 bits per heavy atom. The van der Waals surface area contributed by atoms with Gasteiger partial charge in [0, 0.05) is 24.4 Å². The molecule has 0 aliphatic carbocycles. The van der Waals surface area contributed by atoms with Crippen molar-refractivity contribution in [3.05, 3.63) is 58.2 Å². The van der Waals surface area contributed by atoms with Gasteiger partial charge in [-0.2, -0.15) is 13.2 Å². The van der Waals surface area contributed by atoms with E-state index >= 15 is 0 Å². The van der Waals surface area contributed by atoms with Crippen LogP contribution < -0.4 is 5.32 Å². The summed E-state index contributed by atoms with van der Waals surface area (Å²) in [5.74, 6) is -1.83. The molecule has 0 bridgehead atoms. The molecule has 3 nitrogen and oxygen atoms in total. The molecule has 2 N–H and O–H groups in total. The van der Waals surface area contributed by atoms with E-state index in [4.69, 9.17) is 11.6 Å². The molecule has 0 saturated heterocycles. The lowest BCUT2D eigenvalue weighted by atomic mass is 10.1. The number of hydrogen-bond donors (Lipinski definition) is 2. The molecule has 1 heterocycles. The maximum absolute atomic E-state index is 13.5. The minimum atomic E-state index is -4.58. The average molecular weight is 353 g/mol. The van der Waals surface area contributed by atoms with Gasteiger partial charge in [0.2, 0.25) is 0 Å². The highest BCUT2D eigenvalue weighted by Crippen LogP contribution is 2.32. The third kappa shape index (κ3) is 4.29. The van der Waals surface area contributed by atoms with Gasteiger partial charge in [-0.25, -0.2) is 13.8 Å². The lowest BCUT2D eigenvalue weighted by Gasteiger charge is -2.15. The SMILES string of the molecule is OC(CNc1ncc(C(F)(F)F)cc1Cl)c1ccc(F)cc1F. The molecule has 23 heavy (non-hydrogen) atoms. The van der Waals surface area contributed by atoms with Crippen LogP contribution >= 0.6 is 11.6 Å². The number of aliphatic hydroxyl groups is 1. The zero-order valence-corrected chi connectivity index (χ0v) is 12.1. The Kier molecular flexibility index (Phi) is 5.06. The number of benzene rings is 1. The van der Waals surface area contributed by atoms with Crippen LogP contribution in [0.2, 0.25) is 5.02 Å². The first-order valence-electron chi connectivity index (χ1n) is 6.28. The standard InChI is InChI=1S/C14H10ClF5N2O/c15-10-3-7(14(18,19)20)5-21-13(10)22-6-12(23)9-2-1-8(16)4-11(9)17/h1-5,12,23H,6H2,(H,21,22). The maximum Gasteiger partial charge on any atom is 0.417 e. The molecule has 0 fully saturated rings. The number of nitrogens with zero attached hydrogens (tertiary/aromatic N) is 1. The van der Waals surface area contributed by atoms with Gasteiger partial charge in [-0.1, -0.05) is 17.7 Å². The van der Waals surface area contributed by atoms with Crippen molar-refractivity contribution in [3.63, 3.8) is 0 Å². The minimum absolute atomic E-state index is 0.0961. The van der Waals surface area contributed by atoms with E-state index in [0.29, 0.717) is 18.3 Å². The van der Waals surface area contributed by atoms with Gasteiger partial charge in [-0.3, -0.25) is 0 Å². The van der Waals surface area contributed by atoms with Gasteiger partial charge in [-0.15, -0.1) is 0 Å². The van der Waals surface area contributed by atoms with E-state index < -0.39 is 29.5 Å². The summed E-state index contributed by atoms with van der Waals surface area (Å²) in [4.78, 5) is 3.52. The van der Waals surface area contributed by atoms with Crippen molar-refractivity contribution in [1.29, 1.82) is 0 Å². The van der Waals surface area contributed by atoms with Crippen LogP contribution in [0.15, 0.2) is 30.5 Å². The second kappa shape index (κ2) is 6.67. The normalized spacial score (nSPS) is 13.0. The van der Waals surface area contributed by atoms with Crippen LogP contribution in [0.25, 0.3) is 0 Å². The zero-order chi connectivity index (χ0) is 17.2. The van der Waals surface area contributed by atoms with E-state index in [2.05, 4.69) is 10.3 Å². The highest BCUT2D eigenvalue weighted by atomic mass is 35.5. The fourth-order valence-corrected chi connectivity index (χ4v) is 2.03. The monoisotopic (exact) mass is 352 g/mol. The molecule has 1 aromatic heterocycles. The van der Waals surface area contributed by atoms with Crippen LogP contribution in [0.4, 0.5) is 27.8 Å². The highest BCUT2D eigenvalue weighted by Gasteiger charge is 2.31. The predicted molar refractivity (Wildman–Crippen MR) is 74.1 cm³/mol. The van der Waals surface area contributed by atoms with Gasteiger partial charge >= 0.3 is 6.18 Å². The molecule has 1 unspecified atom stereocenters. The third-order valence-corrected chi connectivity index (χ3v) is 3.24. The van der Waals surface area contributed by atoms with Gasteiger partial charge in [0.05, 0.1) is 16.7 Å².